The summed E-state index contributed by atoms with van der Waals surface area (Å²) < 4.78 is 0.861. The number of hydrogen-bond donors (Lipinski definition) is 1. The molecule has 22 heavy (non-hydrogen) atoms. The lowest BCUT2D eigenvalue weighted by Crippen LogP contribution is -2.45. The SMILES string of the molecule is CN[C@H]1CCN(C2=Nc3ncc(Br)cc3N3CC(=O)N=C23)C1. The Bertz CT molecular complexity index is 715. The number of likely N-dealkylation sites (N-methyl/N-ethyl adjacent to an activating group) is 1. The van der Waals surface area contributed by atoms with Crippen molar-refractivity contribution in [2.24, 2.45) is 9.98 Å². The molecule has 0 aromatic carbocycles. The van der Waals surface area contributed by atoms with Gasteiger partial charge in [-0.15, -0.1) is 0 Å². The topological polar surface area (TPSA) is 73.2 Å². The molecule has 1 atom stereocenters. The minimum Gasteiger partial charge on any atom is -0.352 e. The molecule has 1 aromatic heterocycles. The van der Waals surface area contributed by atoms with Crippen LogP contribution in [0.2, 0.25) is 0 Å². The van der Waals surface area contributed by atoms with E-state index in [9.17, 15) is 4.79 Å². The molecule has 3 aliphatic rings. The third-order valence-corrected chi connectivity index (χ3v) is 4.63. The van der Waals surface area contributed by atoms with Gasteiger partial charge in [0.15, 0.2) is 17.5 Å². The molecular weight excluding hydrogens is 348 g/mol. The van der Waals surface area contributed by atoms with Crippen molar-refractivity contribution >= 4 is 45.0 Å². The summed E-state index contributed by atoms with van der Waals surface area (Å²) >= 11 is 3.42. The van der Waals surface area contributed by atoms with E-state index in [2.05, 4.69) is 41.1 Å². The van der Waals surface area contributed by atoms with Gasteiger partial charge in [-0.3, -0.25) is 4.79 Å². The Balaban J connectivity index is 1.78. The summed E-state index contributed by atoms with van der Waals surface area (Å²) in [5.74, 6) is 1.90. The quantitative estimate of drug-likeness (QED) is 0.804. The van der Waals surface area contributed by atoms with E-state index in [1.807, 2.05) is 18.0 Å². The number of amides is 1. The highest BCUT2D eigenvalue weighted by molar-refractivity contribution is 9.10. The minimum atomic E-state index is -0.139. The van der Waals surface area contributed by atoms with Crippen molar-refractivity contribution in [1.29, 1.82) is 0 Å². The average molecular weight is 363 g/mol. The summed E-state index contributed by atoms with van der Waals surface area (Å²) in [6, 6.07) is 2.37. The minimum absolute atomic E-state index is 0.139. The first-order valence-corrected chi connectivity index (χ1v) is 8.01. The zero-order valence-electron chi connectivity index (χ0n) is 12.1. The zero-order valence-corrected chi connectivity index (χ0v) is 13.7. The van der Waals surface area contributed by atoms with Gasteiger partial charge >= 0.3 is 0 Å². The molecule has 4 rings (SSSR count). The van der Waals surface area contributed by atoms with Crippen molar-refractivity contribution in [2.45, 2.75) is 12.5 Å². The van der Waals surface area contributed by atoms with Crippen LogP contribution >= 0.6 is 15.9 Å². The van der Waals surface area contributed by atoms with Crippen LogP contribution < -0.4 is 10.2 Å². The number of nitrogens with zero attached hydrogens (tertiary/aromatic N) is 5. The summed E-state index contributed by atoms with van der Waals surface area (Å²) in [6.07, 6.45) is 2.78. The Morgan fingerprint density at radius 2 is 2.23 bits per heavy atom. The van der Waals surface area contributed by atoms with E-state index in [1.54, 1.807) is 6.20 Å². The van der Waals surface area contributed by atoms with Crippen LogP contribution in [0, 0.1) is 0 Å². The van der Waals surface area contributed by atoms with Crippen molar-refractivity contribution < 1.29 is 4.79 Å². The molecule has 4 heterocycles. The molecule has 3 aliphatic heterocycles. The molecule has 0 spiro atoms. The largest absolute Gasteiger partial charge is 0.352 e. The molecule has 1 fully saturated rings. The van der Waals surface area contributed by atoms with Crippen molar-refractivity contribution in [3.63, 3.8) is 0 Å². The van der Waals surface area contributed by atoms with Crippen LogP contribution in [0.5, 0.6) is 0 Å². The van der Waals surface area contributed by atoms with Crippen molar-refractivity contribution in [3.05, 3.63) is 16.7 Å². The number of hydrogen-bond acceptors (Lipinski definition) is 6. The second-order valence-electron chi connectivity index (χ2n) is 5.57. The van der Waals surface area contributed by atoms with Crippen molar-refractivity contribution in [3.8, 4) is 0 Å². The van der Waals surface area contributed by atoms with Crippen molar-refractivity contribution in [2.75, 3.05) is 31.6 Å². The van der Waals surface area contributed by atoms with E-state index in [0.717, 1.165) is 35.5 Å². The Hall–Kier alpha value is -1.80. The maximum atomic E-state index is 11.8. The van der Waals surface area contributed by atoms with Crippen LogP contribution in [0.25, 0.3) is 0 Å². The Morgan fingerprint density at radius 1 is 1.36 bits per heavy atom. The number of nitrogens with one attached hydrogen (secondary N) is 1. The fraction of sp³-hybridized carbons (Fsp3) is 0.429. The maximum Gasteiger partial charge on any atom is 0.267 e. The van der Waals surface area contributed by atoms with Gasteiger partial charge in [-0.1, -0.05) is 0 Å². The number of likely N-dealkylation sites (tertiary alicyclic amines) is 1. The third kappa shape index (κ3) is 2.14. The van der Waals surface area contributed by atoms with Gasteiger partial charge in [-0.2, -0.15) is 4.99 Å². The van der Waals surface area contributed by atoms with Crippen LogP contribution in [0.4, 0.5) is 11.5 Å². The van der Waals surface area contributed by atoms with E-state index in [0.29, 0.717) is 17.7 Å². The first-order valence-electron chi connectivity index (χ1n) is 7.21. The Labute approximate surface area is 136 Å². The Kier molecular flexibility index (Phi) is 3.23. The lowest BCUT2D eigenvalue weighted by atomic mass is 10.2. The van der Waals surface area contributed by atoms with Gasteiger partial charge in [0.25, 0.3) is 5.91 Å². The predicted octanol–water partition coefficient (Wildman–Crippen LogP) is 0.926. The molecule has 0 unspecified atom stereocenters. The summed E-state index contributed by atoms with van der Waals surface area (Å²) in [5.41, 5.74) is 0.826. The number of carbonyl (C=O) groups is 1. The summed E-state index contributed by atoms with van der Waals surface area (Å²) in [4.78, 5) is 29.2. The fourth-order valence-corrected chi connectivity index (χ4v) is 3.37. The highest BCUT2D eigenvalue weighted by Gasteiger charge is 2.38. The van der Waals surface area contributed by atoms with Crippen LogP contribution in [0.15, 0.2) is 26.7 Å². The van der Waals surface area contributed by atoms with Crippen LogP contribution in [0.1, 0.15) is 6.42 Å². The highest BCUT2D eigenvalue weighted by Crippen LogP contribution is 2.35. The number of halogens is 1. The number of aromatic nitrogens is 1. The standard InChI is InChI=1S/C14H15BrN6O/c1-16-9-2-3-20(6-9)13-14-18-11(22)7-21(14)10-4-8(15)5-17-12(10)19-13/h4-5,9,16H,2-3,6-7H2,1H3/t9-/m0/s1. The number of amidine groups is 2. The molecule has 0 saturated carbocycles. The van der Waals surface area contributed by atoms with Gasteiger partial charge in [-0.05, 0) is 35.5 Å². The predicted molar refractivity (Wildman–Crippen MR) is 87.9 cm³/mol. The van der Waals surface area contributed by atoms with Crippen LogP contribution in [0.3, 0.4) is 0 Å². The van der Waals surface area contributed by atoms with E-state index in [4.69, 9.17) is 0 Å². The first kappa shape index (κ1) is 13.8. The normalized spacial score (nSPS) is 23.4. The van der Waals surface area contributed by atoms with Gasteiger partial charge in [0.2, 0.25) is 0 Å². The number of anilines is 1. The molecule has 1 N–H and O–H groups in total. The van der Waals surface area contributed by atoms with Crippen LogP contribution in [-0.4, -0.2) is 60.2 Å². The number of aliphatic imine (C=N–C) groups is 2. The first-order chi connectivity index (χ1) is 10.7. The van der Waals surface area contributed by atoms with E-state index in [1.165, 1.54) is 0 Å². The lowest BCUT2D eigenvalue weighted by Gasteiger charge is -2.30. The third-order valence-electron chi connectivity index (χ3n) is 4.19. The number of rotatable bonds is 1. The smallest absolute Gasteiger partial charge is 0.267 e. The van der Waals surface area contributed by atoms with Gasteiger partial charge in [0.1, 0.15) is 6.54 Å². The molecule has 1 aromatic rings. The molecule has 8 heteroatoms. The average Bonchev–Trinajstić information content (AvgIpc) is 3.12. The van der Waals surface area contributed by atoms with Gasteiger partial charge < -0.3 is 15.1 Å². The number of carbonyl (C=O) groups excluding carboxylic acids is 1. The molecule has 0 aliphatic carbocycles. The second kappa shape index (κ2) is 5.13. The maximum absolute atomic E-state index is 11.8. The molecule has 7 nitrogen and oxygen atoms in total. The van der Waals surface area contributed by atoms with Crippen LogP contribution in [-0.2, 0) is 4.79 Å². The summed E-state index contributed by atoms with van der Waals surface area (Å²) in [6.45, 7) is 2.02. The Morgan fingerprint density at radius 3 is 3.00 bits per heavy atom. The van der Waals surface area contributed by atoms with Gasteiger partial charge in [0.05, 0.1) is 5.69 Å². The van der Waals surface area contributed by atoms with Gasteiger partial charge in [0, 0.05) is 29.8 Å². The monoisotopic (exact) mass is 362 g/mol. The van der Waals surface area contributed by atoms with E-state index < -0.39 is 0 Å². The van der Waals surface area contributed by atoms with Crippen molar-refractivity contribution in [1.82, 2.24) is 15.2 Å². The summed E-state index contributed by atoms with van der Waals surface area (Å²) in [7, 11) is 1.97. The second-order valence-corrected chi connectivity index (χ2v) is 6.48. The molecule has 0 bridgehead atoms. The lowest BCUT2D eigenvalue weighted by molar-refractivity contribution is -0.115. The fourth-order valence-electron chi connectivity index (χ4n) is 3.05. The summed E-state index contributed by atoms with van der Waals surface area (Å²) in [5, 5.41) is 3.29. The zero-order chi connectivity index (χ0) is 15.3. The molecular formula is C14H15BrN6O. The number of pyridine rings is 1. The molecule has 1 saturated heterocycles. The number of fused-ring (bicyclic) bond motifs is 3. The molecule has 114 valence electrons. The molecule has 0 radical (unpaired) electrons. The molecule has 1 amide bonds. The van der Waals surface area contributed by atoms with E-state index in [-0.39, 0.29) is 12.5 Å². The highest BCUT2D eigenvalue weighted by atomic mass is 79.9. The van der Waals surface area contributed by atoms with E-state index >= 15 is 0 Å². The van der Waals surface area contributed by atoms with Gasteiger partial charge in [-0.25, -0.2) is 9.98 Å².